The Labute approximate surface area is 120 Å². The topological polar surface area (TPSA) is 66.4 Å². The molecule has 2 N–H and O–H groups in total. The Morgan fingerprint density at radius 1 is 1.15 bits per heavy atom. The molecule has 0 aromatic heterocycles. The number of amides is 1. The molecule has 1 rings (SSSR count). The van der Waals surface area contributed by atoms with Gasteiger partial charge in [-0.1, -0.05) is 46.2 Å². The maximum atomic E-state index is 12.1. The second kappa shape index (κ2) is 7.08. The third-order valence-corrected chi connectivity index (χ3v) is 3.61. The average Bonchev–Trinajstić information content (AvgIpc) is 2.43. The van der Waals surface area contributed by atoms with Crippen LogP contribution >= 0.6 is 0 Å². The van der Waals surface area contributed by atoms with Gasteiger partial charge in [-0.15, -0.1) is 0 Å². The summed E-state index contributed by atoms with van der Waals surface area (Å²) in [5.74, 6) is -1.04. The highest BCUT2D eigenvalue weighted by Gasteiger charge is 2.25. The van der Waals surface area contributed by atoms with Crippen LogP contribution in [0.1, 0.15) is 56.0 Å². The van der Waals surface area contributed by atoms with Gasteiger partial charge in [-0.05, 0) is 29.5 Å². The molecule has 4 nitrogen and oxygen atoms in total. The van der Waals surface area contributed by atoms with Crippen LogP contribution in [0.15, 0.2) is 24.3 Å². The third kappa shape index (κ3) is 4.08. The Morgan fingerprint density at radius 3 is 2.10 bits per heavy atom. The van der Waals surface area contributed by atoms with E-state index in [0.29, 0.717) is 17.9 Å². The number of hydrogen-bond donors (Lipinski definition) is 2. The minimum absolute atomic E-state index is 0.105. The van der Waals surface area contributed by atoms with E-state index >= 15 is 0 Å². The first-order valence-electron chi connectivity index (χ1n) is 7.00. The summed E-state index contributed by atoms with van der Waals surface area (Å²) in [6.45, 7) is 7.89. The van der Waals surface area contributed by atoms with Crippen molar-refractivity contribution in [1.82, 2.24) is 5.32 Å². The van der Waals surface area contributed by atoms with Gasteiger partial charge in [-0.2, -0.15) is 0 Å². The lowest BCUT2D eigenvalue weighted by atomic mass is 9.98. The van der Waals surface area contributed by atoms with E-state index in [1.165, 1.54) is 0 Å². The normalized spacial score (nSPS) is 13.8. The van der Waals surface area contributed by atoms with Crippen LogP contribution in [-0.2, 0) is 4.79 Å². The van der Waals surface area contributed by atoms with E-state index in [-0.39, 0.29) is 11.8 Å². The number of aliphatic carboxylic acids is 1. The summed E-state index contributed by atoms with van der Waals surface area (Å²) in [7, 11) is 0. The summed E-state index contributed by atoms with van der Waals surface area (Å²) in [5, 5.41) is 11.8. The lowest BCUT2D eigenvalue weighted by Crippen LogP contribution is -2.45. The number of hydrogen-bond acceptors (Lipinski definition) is 2. The zero-order valence-corrected chi connectivity index (χ0v) is 12.5. The smallest absolute Gasteiger partial charge is 0.326 e. The van der Waals surface area contributed by atoms with Crippen LogP contribution in [0.5, 0.6) is 0 Å². The van der Waals surface area contributed by atoms with Crippen molar-refractivity contribution in [3.8, 4) is 0 Å². The largest absolute Gasteiger partial charge is 0.480 e. The Hall–Kier alpha value is -1.84. The molecule has 1 amide bonds. The van der Waals surface area contributed by atoms with Crippen molar-refractivity contribution in [2.24, 2.45) is 5.92 Å². The van der Waals surface area contributed by atoms with Gasteiger partial charge in [0.25, 0.3) is 5.91 Å². The SMILES string of the molecule is CCC(C)[C@H](NC(=O)c1ccc(C(C)C)cc1)C(=O)O. The zero-order valence-electron chi connectivity index (χ0n) is 12.5. The van der Waals surface area contributed by atoms with Gasteiger partial charge < -0.3 is 10.4 Å². The van der Waals surface area contributed by atoms with Crippen molar-refractivity contribution in [3.63, 3.8) is 0 Å². The molecule has 0 aliphatic carbocycles. The summed E-state index contributed by atoms with van der Waals surface area (Å²) in [6, 6.07) is 6.43. The van der Waals surface area contributed by atoms with Gasteiger partial charge in [-0.3, -0.25) is 4.79 Å². The fourth-order valence-electron chi connectivity index (χ4n) is 1.93. The molecule has 1 aromatic rings. The van der Waals surface area contributed by atoms with Crippen LogP contribution in [-0.4, -0.2) is 23.0 Å². The number of carboxylic acids is 1. The predicted octanol–water partition coefficient (Wildman–Crippen LogP) is 3.04. The third-order valence-electron chi connectivity index (χ3n) is 3.61. The monoisotopic (exact) mass is 277 g/mol. The van der Waals surface area contributed by atoms with Crippen LogP contribution in [0.4, 0.5) is 0 Å². The van der Waals surface area contributed by atoms with Crippen molar-refractivity contribution in [2.75, 3.05) is 0 Å². The van der Waals surface area contributed by atoms with Gasteiger partial charge in [0.1, 0.15) is 6.04 Å². The Morgan fingerprint density at radius 2 is 1.70 bits per heavy atom. The van der Waals surface area contributed by atoms with E-state index < -0.39 is 12.0 Å². The molecule has 0 bridgehead atoms. The summed E-state index contributed by atoms with van der Waals surface area (Å²) in [6.07, 6.45) is 0.698. The fraction of sp³-hybridized carbons (Fsp3) is 0.500. The van der Waals surface area contributed by atoms with Gasteiger partial charge in [0.05, 0.1) is 0 Å². The molecule has 1 aromatic carbocycles. The maximum absolute atomic E-state index is 12.1. The Bertz CT molecular complexity index is 465. The number of carbonyl (C=O) groups is 2. The van der Waals surface area contributed by atoms with E-state index in [9.17, 15) is 14.7 Å². The molecule has 110 valence electrons. The molecular weight excluding hydrogens is 254 g/mol. The number of rotatable bonds is 6. The summed E-state index contributed by atoms with van der Waals surface area (Å²) >= 11 is 0. The van der Waals surface area contributed by atoms with Crippen LogP contribution in [0, 0.1) is 5.92 Å². The highest BCUT2D eigenvalue weighted by molar-refractivity contribution is 5.96. The van der Waals surface area contributed by atoms with Crippen molar-refractivity contribution in [1.29, 1.82) is 0 Å². The predicted molar refractivity (Wildman–Crippen MR) is 78.9 cm³/mol. The standard InChI is InChI=1S/C16H23NO3/c1-5-11(4)14(16(19)20)17-15(18)13-8-6-12(7-9-13)10(2)3/h6-11,14H,5H2,1-4H3,(H,17,18)(H,19,20)/t11?,14-/m0/s1. The van der Waals surface area contributed by atoms with Crippen molar-refractivity contribution >= 4 is 11.9 Å². The van der Waals surface area contributed by atoms with E-state index in [4.69, 9.17) is 0 Å². The highest BCUT2D eigenvalue weighted by Crippen LogP contribution is 2.15. The molecule has 0 radical (unpaired) electrons. The minimum atomic E-state index is -0.994. The number of nitrogens with one attached hydrogen (secondary N) is 1. The second-order valence-corrected chi connectivity index (χ2v) is 5.45. The quantitative estimate of drug-likeness (QED) is 0.840. The molecule has 20 heavy (non-hydrogen) atoms. The highest BCUT2D eigenvalue weighted by atomic mass is 16.4. The van der Waals surface area contributed by atoms with Gasteiger partial charge >= 0.3 is 5.97 Å². The van der Waals surface area contributed by atoms with E-state index in [2.05, 4.69) is 19.2 Å². The van der Waals surface area contributed by atoms with Crippen LogP contribution in [0.25, 0.3) is 0 Å². The van der Waals surface area contributed by atoms with Gasteiger partial charge in [-0.25, -0.2) is 4.79 Å². The number of benzene rings is 1. The van der Waals surface area contributed by atoms with Crippen LogP contribution in [0.3, 0.4) is 0 Å². The molecule has 0 spiro atoms. The van der Waals surface area contributed by atoms with Crippen molar-refractivity contribution in [2.45, 2.75) is 46.1 Å². The Kier molecular flexibility index (Phi) is 5.74. The molecule has 0 aliphatic heterocycles. The van der Waals surface area contributed by atoms with Gasteiger partial charge in [0.15, 0.2) is 0 Å². The van der Waals surface area contributed by atoms with Crippen LogP contribution in [0.2, 0.25) is 0 Å². The lowest BCUT2D eigenvalue weighted by Gasteiger charge is -2.20. The first kappa shape index (κ1) is 16.2. The van der Waals surface area contributed by atoms with Crippen molar-refractivity contribution in [3.05, 3.63) is 35.4 Å². The number of carbonyl (C=O) groups excluding carboxylic acids is 1. The molecule has 0 saturated carbocycles. The van der Waals surface area contributed by atoms with E-state index in [1.807, 2.05) is 26.0 Å². The molecule has 1 unspecified atom stereocenters. The molecule has 0 saturated heterocycles. The molecule has 0 fully saturated rings. The number of carboxylic acid groups (broad SMARTS) is 1. The maximum Gasteiger partial charge on any atom is 0.326 e. The first-order chi connectivity index (χ1) is 9.36. The molecule has 2 atom stereocenters. The molecule has 4 heteroatoms. The summed E-state index contributed by atoms with van der Waals surface area (Å²) < 4.78 is 0. The van der Waals surface area contributed by atoms with Crippen molar-refractivity contribution < 1.29 is 14.7 Å². The van der Waals surface area contributed by atoms with E-state index in [1.54, 1.807) is 12.1 Å². The lowest BCUT2D eigenvalue weighted by molar-refractivity contribution is -0.140. The summed E-state index contributed by atoms with van der Waals surface area (Å²) in [4.78, 5) is 23.3. The Balaban J connectivity index is 2.81. The van der Waals surface area contributed by atoms with Gasteiger partial charge in [0.2, 0.25) is 0 Å². The first-order valence-corrected chi connectivity index (χ1v) is 7.00. The summed E-state index contributed by atoms with van der Waals surface area (Å²) in [5.41, 5.74) is 1.64. The van der Waals surface area contributed by atoms with E-state index in [0.717, 1.165) is 5.56 Å². The zero-order chi connectivity index (χ0) is 15.3. The average molecular weight is 277 g/mol. The van der Waals surface area contributed by atoms with Crippen LogP contribution < -0.4 is 5.32 Å². The molecular formula is C16H23NO3. The molecule has 0 aliphatic rings. The van der Waals surface area contributed by atoms with Gasteiger partial charge in [0, 0.05) is 5.56 Å². The molecule has 0 heterocycles. The minimum Gasteiger partial charge on any atom is -0.480 e. The second-order valence-electron chi connectivity index (χ2n) is 5.45. The fourth-order valence-corrected chi connectivity index (χ4v) is 1.93.